The first-order chi connectivity index (χ1) is 15.3. The van der Waals surface area contributed by atoms with E-state index in [0.29, 0.717) is 36.7 Å². The molecule has 8 nitrogen and oxygen atoms in total. The smallest absolute Gasteiger partial charge is 0.254 e. The van der Waals surface area contributed by atoms with Crippen LogP contribution in [0.5, 0.6) is 0 Å². The summed E-state index contributed by atoms with van der Waals surface area (Å²) >= 11 is 0. The highest BCUT2D eigenvalue weighted by molar-refractivity contribution is 5.97. The normalized spacial score (nSPS) is 17.0. The molecule has 32 heavy (non-hydrogen) atoms. The fourth-order valence-corrected chi connectivity index (χ4v) is 3.74. The van der Waals surface area contributed by atoms with Gasteiger partial charge in [-0.1, -0.05) is 0 Å². The van der Waals surface area contributed by atoms with E-state index in [9.17, 15) is 23.9 Å². The van der Waals surface area contributed by atoms with Crippen molar-refractivity contribution in [3.63, 3.8) is 0 Å². The minimum atomic E-state index is -0.506. The molecule has 9 heteroatoms. The molecule has 1 aliphatic carbocycles. The molecule has 2 heterocycles. The molecule has 0 unspecified atom stereocenters. The second-order valence-electron chi connectivity index (χ2n) is 8.76. The van der Waals surface area contributed by atoms with Gasteiger partial charge < -0.3 is 15.2 Å². The number of nitrogens with one attached hydrogen (secondary N) is 1. The molecule has 170 valence electrons. The van der Waals surface area contributed by atoms with Gasteiger partial charge in [0, 0.05) is 29.4 Å². The van der Waals surface area contributed by atoms with Crippen LogP contribution >= 0.6 is 0 Å². The van der Waals surface area contributed by atoms with Crippen LogP contribution in [0, 0.1) is 24.1 Å². The van der Waals surface area contributed by atoms with Crippen molar-refractivity contribution in [2.75, 3.05) is 25.1 Å². The van der Waals surface area contributed by atoms with Crippen molar-refractivity contribution in [3.8, 4) is 11.3 Å². The monoisotopic (exact) mass is 443 g/mol. The summed E-state index contributed by atoms with van der Waals surface area (Å²) in [6.45, 7) is 2.34. The van der Waals surface area contributed by atoms with E-state index in [1.54, 1.807) is 6.92 Å². The van der Waals surface area contributed by atoms with Crippen molar-refractivity contribution in [1.29, 1.82) is 0 Å². The van der Waals surface area contributed by atoms with Crippen LogP contribution in [-0.4, -0.2) is 46.2 Å². The zero-order valence-electron chi connectivity index (χ0n) is 17.9. The highest BCUT2D eigenvalue weighted by atomic mass is 19.1. The van der Waals surface area contributed by atoms with Crippen LogP contribution < -0.4 is 10.9 Å². The van der Waals surface area contributed by atoms with Crippen molar-refractivity contribution in [2.45, 2.75) is 39.2 Å². The van der Waals surface area contributed by atoms with Gasteiger partial charge in [0.05, 0.1) is 37.7 Å². The Labute approximate surface area is 184 Å². The number of aliphatic hydroxyl groups excluding tert-OH is 1. The van der Waals surface area contributed by atoms with Crippen LogP contribution in [0.25, 0.3) is 11.3 Å². The predicted octanol–water partition coefficient (Wildman–Crippen LogP) is 2.06. The maximum absolute atomic E-state index is 13.8. The Hall–Kier alpha value is -2.91. The van der Waals surface area contributed by atoms with Gasteiger partial charge in [-0.2, -0.15) is 0 Å². The number of halogens is 1. The molecule has 1 amide bonds. The number of rotatable bonds is 9. The molecule has 0 bridgehead atoms. The predicted molar refractivity (Wildman–Crippen MR) is 115 cm³/mol. The van der Waals surface area contributed by atoms with E-state index < -0.39 is 11.4 Å². The lowest BCUT2D eigenvalue weighted by molar-refractivity contribution is -0.145. The molecular formula is C23H26FN3O5. The summed E-state index contributed by atoms with van der Waals surface area (Å²) in [6, 6.07) is 5.22. The Morgan fingerprint density at radius 2 is 2.06 bits per heavy atom. The van der Waals surface area contributed by atoms with E-state index in [0.717, 1.165) is 12.8 Å². The summed E-state index contributed by atoms with van der Waals surface area (Å²) in [4.78, 5) is 41.8. The molecule has 1 saturated carbocycles. The van der Waals surface area contributed by atoms with Gasteiger partial charge in [0.15, 0.2) is 5.78 Å². The standard InChI is InChI=1S/C23H26FN3O5/c1-14-25-20(18-5-4-16(24)8-19(18)26-22(31)15-2-3-15)9-21(30)27(14)10-17(29)6-7-23(11-28)12-32-13-23/h4-5,8-9,15,28H,2-3,6-7,10-13H2,1H3,(H,26,31). The molecule has 4 rings (SSSR count). The summed E-state index contributed by atoms with van der Waals surface area (Å²) in [6.07, 6.45) is 2.35. The number of aryl methyl sites for hydroxylation is 1. The number of aliphatic hydroxyl groups is 1. The van der Waals surface area contributed by atoms with Gasteiger partial charge >= 0.3 is 0 Å². The molecule has 0 atom stereocenters. The summed E-state index contributed by atoms with van der Waals surface area (Å²) in [5.41, 5.74) is 0.233. The molecule has 1 aromatic carbocycles. The van der Waals surface area contributed by atoms with E-state index in [1.165, 1.54) is 28.8 Å². The average Bonchev–Trinajstić information content (AvgIpc) is 3.56. The van der Waals surface area contributed by atoms with Crippen molar-refractivity contribution < 1.29 is 23.8 Å². The fourth-order valence-electron chi connectivity index (χ4n) is 3.74. The number of ether oxygens (including phenoxy) is 1. The maximum Gasteiger partial charge on any atom is 0.254 e. The summed E-state index contributed by atoms with van der Waals surface area (Å²) in [7, 11) is 0. The van der Waals surface area contributed by atoms with E-state index in [1.807, 2.05) is 0 Å². The van der Waals surface area contributed by atoms with Crippen LogP contribution in [0.3, 0.4) is 0 Å². The van der Waals surface area contributed by atoms with Gasteiger partial charge in [0.1, 0.15) is 11.6 Å². The Balaban J connectivity index is 1.52. The largest absolute Gasteiger partial charge is 0.396 e. The maximum atomic E-state index is 13.8. The third-order valence-electron chi connectivity index (χ3n) is 6.08. The number of carbonyl (C=O) groups excluding carboxylic acids is 2. The summed E-state index contributed by atoms with van der Waals surface area (Å²) in [5.74, 6) is -0.536. The highest BCUT2D eigenvalue weighted by Crippen LogP contribution is 2.33. The van der Waals surface area contributed by atoms with Gasteiger partial charge in [-0.05, 0) is 44.4 Å². The number of hydrogen-bond acceptors (Lipinski definition) is 6. The van der Waals surface area contributed by atoms with Crippen LogP contribution in [-0.2, 0) is 20.9 Å². The molecule has 2 fully saturated rings. The first kappa shape index (κ1) is 22.3. The molecular weight excluding hydrogens is 417 g/mol. The number of hydrogen-bond donors (Lipinski definition) is 2. The third kappa shape index (κ3) is 4.78. The zero-order chi connectivity index (χ0) is 22.9. The van der Waals surface area contributed by atoms with E-state index in [4.69, 9.17) is 4.74 Å². The van der Waals surface area contributed by atoms with Crippen molar-refractivity contribution >= 4 is 17.4 Å². The van der Waals surface area contributed by atoms with Gasteiger partial charge in [0.25, 0.3) is 5.56 Å². The second-order valence-corrected chi connectivity index (χ2v) is 8.76. The number of anilines is 1. The number of aromatic nitrogens is 2. The Kier molecular flexibility index (Phi) is 6.21. The minimum Gasteiger partial charge on any atom is -0.396 e. The van der Waals surface area contributed by atoms with Gasteiger partial charge in [0.2, 0.25) is 5.91 Å². The Morgan fingerprint density at radius 3 is 2.66 bits per heavy atom. The van der Waals surface area contributed by atoms with Gasteiger partial charge in [-0.25, -0.2) is 9.37 Å². The van der Waals surface area contributed by atoms with Crippen LogP contribution in [0.2, 0.25) is 0 Å². The molecule has 2 aliphatic rings. The van der Waals surface area contributed by atoms with E-state index in [-0.39, 0.29) is 48.3 Å². The lowest BCUT2D eigenvalue weighted by Gasteiger charge is -2.39. The molecule has 0 radical (unpaired) electrons. The lowest BCUT2D eigenvalue weighted by Crippen LogP contribution is -2.46. The van der Waals surface area contributed by atoms with Crippen molar-refractivity contribution in [2.24, 2.45) is 11.3 Å². The SMILES string of the molecule is Cc1nc(-c2ccc(F)cc2NC(=O)C2CC2)cc(=O)n1CC(=O)CCC1(CO)COC1. The van der Waals surface area contributed by atoms with Crippen LogP contribution in [0.1, 0.15) is 31.5 Å². The summed E-state index contributed by atoms with van der Waals surface area (Å²) < 4.78 is 20.2. The number of carbonyl (C=O) groups is 2. The van der Waals surface area contributed by atoms with Crippen LogP contribution in [0.4, 0.5) is 10.1 Å². The molecule has 1 saturated heterocycles. The Bertz CT molecular complexity index is 1100. The third-order valence-corrected chi connectivity index (χ3v) is 6.08. The number of benzene rings is 1. The van der Waals surface area contributed by atoms with Gasteiger partial charge in [-0.15, -0.1) is 0 Å². The zero-order valence-corrected chi connectivity index (χ0v) is 17.9. The van der Waals surface area contributed by atoms with E-state index >= 15 is 0 Å². The van der Waals surface area contributed by atoms with Gasteiger partial charge in [-0.3, -0.25) is 19.0 Å². The fraction of sp³-hybridized carbons (Fsp3) is 0.478. The topological polar surface area (TPSA) is 111 Å². The number of Topliss-reactive ketones (excluding diaryl/α,β-unsaturated/α-hetero) is 1. The number of nitrogens with zero attached hydrogens (tertiary/aromatic N) is 2. The van der Waals surface area contributed by atoms with Crippen molar-refractivity contribution in [1.82, 2.24) is 9.55 Å². The molecule has 1 aliphatic heterocycles. The lowest BCUT2D eigenvalue weighted by atomic mass is 9.81. The van der Waals surface area contributed by atoms with Crippen LogP contribution in [0.15, 0.2) is 29.1 Å². The molecule has 1 aromatic heterocycles. The quantitative estimate of drug-likeness (QED) is 0.614. The minimum absolute atomic E-state index is 0.0349. The molecule has 2 N–H and O–H groups in total. The first-order valence-electron chi connectivity index (χ1n) is 10.7. The first-order valence-corrected chi connectivity index (χ1v) is 10.7. The second kappa shape index (κ2) is 8.91. The number of amides is 1. The number of ketones is 1. The highest BCUT2D eigenvalue weighted by Gasteiger charge is 2.38. The van der Waals surface area contributed by atoms with E-state index in [2.05, 4.69) is 10.3 Å². The molecule has 0 spiro atoms. The Morgan fingerprint density at radius 1 is 1.31 bits per heavy atom. The summed E-state index contributed by atoms with van der Waals surface area (Å²) in [5, 5.41) is 12.2. The van der Waals surface area contributed by atoms with Crippen molar-refractivity contribution in [3.05, 3.63) is 46.3 Å². The molecule has 2 aromatic rings. The average molecular weight is 443 g/mol.